The van der Waals surface area contributed by atoms with Crippen molar-refractivity contribution in [3.8, 4) is 0 Å². The van der Waals surface area contributed by atoms with E-state index in [0.29, 0.717) is 25.7 Å². The summed E-state index contributed by atoms with van der Waals surface area (Å²) in [6.45, 7) is 12.0. The van der Waals surface area contributed by atoms with Gasteiger partial charge in [0.15, 0.2) is 36.4 Å². The second-order valence-corrected chi connectivity index (χ2v) is 26.4. The van der Waals surface area contributed by atoms with Crippen molar-refractivity contribution in [1.29, 1.82) is 0 Å². The van der Waals surface area contributed by atoms with Gasteiger partial charge in [0.1, 0.15) is 97.0 Å². The van der Waals surface area contributed by atoms with Crippen LogP contribution in [0.2, 0.25) is 0 Å². The Balaban J connectivity index is 0.929. The SMILES string of the molecule is CO[C@@H]1[C@@H](O)[C@H](O[C@@H]2[C@@H](O)[C@H](O[C@H]3[C@H](O)[C@@H](O)[C@H](O[C@H]4[C@H](O[C@H]5CC[C@]6(C)[C@@H]7CC[C@]89C(=O)O[C@@](C)(/C=C/C=C(C)C)[C@@]8(O)[C@@H](OC(C)=O)C[C@@]9(C)C7=CC[C@H]6C5(C)C)OC[C@@H](OS(=O)(=O)[O-])[C@@H]4O)O[C@@H]3CO)OC[C@H]2O)O[C@H](CO)[C@H]1O. The van der Waals surface area contributed by atoms with Crippen molar-refractivity contribution in [2.45, 2.75) is 228 Å². The molecule has 8 fully saturated rings. The predicted molar refractivity (Wildman–Crippen MR) is 277 cm³/mol. The predicted octanol–water partition coefficient (Wildman–Crippen LogP) is -1.86. The zero-order valence-electron chi connectivity index (χ0n) is 47.9. The quantitative estimate of drug-likeness (QED) is 0.0266. The molecule has 0 aromatic carbocycles. The summed E-state index contributed by atoms with van der Waals surface area (Å²) in [4.78, 5) is 27.5. The van der Waals surface area contributed by atoms with E-state index in [9.17, 15) is 73.6 Å². The molecule has 3 saturated carbocycles. The molecule has 27 nitrogen and oxygen atoms in total. The molecular formula is C55H83O27S-. The Morgan fingerprint density at radius 3 is 2.01 bits per heavy atom. The molecule has 4 aliphatic carbocycles. The van der Waals surface area contributed by atoms with Gasteiger partial charge in [0.2, 0.25) is 10.4 Å². The average Bonchev–Trinajstić information content (AvgIpc) is 1.58. The van der Waals surface area contributed by atoms with E-state index in [4.69, 9.17) is 52.1 Å². The smallest absolute Gasteiger partial charge is 0.317 e. The van der Waals surface area contributed by atoms with Gasteiger partial charge in [-0.1, -0.05) is 57.1 Å². The fourth-order valence-corrected chi connectivity index (χ4v) is 16.4. The summed E-state index contributed by atoms with van der Waals surface area (Å²) >= 11 is 0. The summed E-state index contributed by atoms with van der Waals surface area (Å²) in [5.74, 6) is -1.43. The lowest BCUT2D eigenvalue weighted by molar-refractivity contribution is -0.385. The second kappa shape index (κ2) is 23.7. The molecule has 0 unspecified atom stereocenters. The van der Waals surface area contributed by atoms with Crippen LogP contribution < -0.4 is 0 Å². The zero-order chi connectivity index (χ0) is 60.9. The van der Waals surface area contributed by atoms with Crippen LogP contribution in [0, 0.1) is 33.5 Å². The van der Waals surface area contributed by atoms with E-state index in [2.05, 4.69) is 17.2 Å². The van der Waals surface area contributed by atoms with Crippen LogP contribution in [0.1, 0.15) is 93.9 Å². The van der Waals surface area contributed by atoms with Gasteiger partial charge in [0.05, 0.1) is 32.5 Å². The third-order valence-electron chi connectivity index (χ3n) is 20.0. The van der Waals surface area contributed by atoms with E-state index in [1.54, 1.807) is 19.1 Å². The van der Waals surface area contributed by atoms with E-state index in [0.717, 1.165) is 11.1 Å². The molecule has 0 radical (unpaired) electrons. The highest BCUT2D eigenvalue weighted by Gasteiger charge is 2.87. The molecule has 472 valence electrons. The molecular weight excluding hydrogens is 1120 g/mol. The van der Waals surface area contributed by atoms with Crippen LogP contribution >= 0.6 is 0 Å². The largest absolute Gasteiger partial charge is 0.726 e. The number of carbonyl (C=O) groups is 2. The minimum atomic E-state index is -5.47. The molecule has 27 atom stereocenters. The molecule has 0 aromatic rings. The van der Waals surface area contributed by atoms with Crippen LogP contribution in [0.15, 0.2) is 35.5 Å². The Hall–Kier alpha value is -2.73. The maximum atomic E-state index is 14.7. The first-order chi connectivity index (χ1) is 38.8. The number of allylic oxidation sites excluding steroid dienone is 5. The summed E-state index contributed by atoms with van der Waals surface area (Å²) in [6.07, 6.45) is -23.5. The summed E-state index contributed by atoms with van der Waals surface area (Å²) in [7, 11) is -4.28. The van der Waals surface area contributed by atoms with E-state index in [-0.39, 0.29) is 24.7 Å². The highest BCUT2D eigenvalue weighted by Crippen LogP contribution is 2.77. The van der Waals surface area contributed by atoms with Crippen LogP contribution in [0.4, 0.5) is 0 Å². The van der Waals surface area contributed by atoms with Crippen LogP contribution in [0.25, 0.3) is 0 Å². The van der Waals surface area contributed by atoms with Crippen molar-refractivity contribution in [2.24, 2.45) is 33.5 Å². The van der Waals surface area contributed by atoms with Crippen LogP contribution in [0.3, 0.4) is 0 Å². The van der Waals surface area contributed by atoms with E-state index < -0.39 is 204 Å². The van der Waals surface area contributed by atoms with Gasteiger partial charge in [-0.15, -0.1) is 0 Å². The molecule has 10 N–H and O–H groups in total. The Bertz CT molecular complexity index is 2580. The highest BCUT2D eigenvalue weighted by atomic mass is 32.3. The maximum absolute atomic E-state index is 14.7. The number of rotatable bonds is 16. The Labute approximate surface area is 481 Å². The Morgan fingerprint density at radius 1 is 0.747 bits per heavy atom. The van der Waals surface area contributed by atoms with Crippen LogP contribution in [-0.2, 0) is 76.3 Å². The summed E-state index contributed by atoms with van der Waals surface area (Å²) in [5, 5.41) is 112. The lowest BCUT2D eigenvalue weighted by Gasteiger charge is -2.64. The van der Waals surface area contributed by atoms with Gasteiger partial charge >= 0.3 is 11.9 Å². The van der Waals surface area contributed by atoms with Crippen LogP contribution in [0.5, 0.6) is 0 Å². The first-order valence-electron chi connectivity index (χ1n) is 28.3. The van der Waals surface area contributed by atoms with Gasteiger partial charge in [0.25, 0.3) is 0 Å². The number of cyclic esters (lactones) is 1. The number of ether oxygens (including phenoxy) is 11. The fraction of sp³-hybridized carbons (Fsp3) is 0.855. The minimum absolute atomic E-state index is 0.127. The molecule has 5 heterocycles. The van der Waals surface area contributed by atoms with Gasteiger partial charge in [0, 0.05) is 19.4 Å². The number of hydrogen-bond acceptors (Lipinski definition) is 27. The molecule has 1 spiro atoms. The van der Waals surface area contributed by atoms with E-state index >= 15 is 0 Å². The molecule has 5 aliphatic heterocycles. The van der Waals surface area contributed by atoms with Gasteiger partial charge in [-0.25, -0.2) is 8.42 Å². The van der Waals surface area contributed by atoms with Gasteiger partial charge < -0.3 is 108 Å². The Morgan fingerprint density at radius 2 is 1.37 bits per heavy atom. The molecule has 0 aromatic heterocycles. The molecule has 0 amide bonds. The number of carbonyl (C=O) groups excluding carboxylic acids is 2. The number of aliphatic hydroxyl groups excluding tert-OH is 9. The molecule has 0 bridgehead atoms. The molecule has 28 heteroatoms. The average molecular weight is 1210 g/mol. The first kappa shape index (κ1) is 64.7. The van der Waals surface area contributed by atoms with Crippen LogP contribution in [-0.4, -0.2) is 244 Å². The highest BCUT2D eigenvalue weighted by molar-refractivity contribution is 7.80. The summed E-state index contributed by atoms with van der Waals surface area (Å²) in [6, 6.07) is 0. The fourth-order valence-electron chi connectivity index (χ4n) is 15.9. The van der Waals surface area contributed by atoms with Gasteiger partial charge in [-0.2, -0.15) is 0 Å². The number of fused-ring (bicyclic) bond motifs is 4. The lowest BCUT2D eigenvalue weighted by atomic mass is 9.40. The van der Waals surface area contributed by atoms with Crippen molar-refractivity contribution >= 4 is 22.3 Å². The minimum Gasteiger partial charge on any atom is -0.726 e. The molecule has 9 aliphatic rings. The monoisotopic (exact) mass is 1210 g/mol. The normalized spacial score (nSPS) is 49.6. The number of aliphatic hydroxyl groups is 10. The van der Waals surface area contributed by atoms with Crippen molar-refractivity contribution in [3.63, 3.8) is 0 Å². The van der Waals surface area contributed by atoms with Gasteiger partial charge in [-0.3, -0.25) is 13.8 Å². The topological polar surface area (TPSA) is 404 Å². The van der Waals surface area contributed by atoms with E-state index in [1.165, 1.54) is 14.0 Å². The third-order valence-corrected chi connectivity index (χ3v) is 20.5. The van der Waals surface area contributed by atoms with Crippen molar-refractivity contribution in [2.75, 3.05) is 33.5 Å². The van der Waals surface area contributed by atoms with E-state index in [1.807, 2.05) is 40.7 Å². The zero-order valence-corrected chi connectivity index (χ0v) is 48.7. The summed E-state index contributed by atoms with van der Waals surface area (Å²) < 4.78 is 105. The molecule has 9 rings (SSSR count). The second-order valence-electron chi connectivity index (χ2n) is 25.3. The molecule has 83 heavy (non-hydrogen) atoms. The molecule has 5 saturated heterocycles. The number of methoxy groups -OCH3 is 1. The first-order valence-corrected chi connectivity index (χ1v) is 29.6. The number of esters is 2. The van der Waals surface area contributed by atoms with Crippen molar-refractivity contribution in [3.05, 3.63) is 35.5 Å². The lowest BCUT2D eigenvalue weighted by Crippen LogP contribution is -2.66. The maximum Gasteiger partial charge on any atom is 0.317 e. The Kier molecular flexibility index (Phi) is 18.5. The van der Waals surface area contributed by atoms with Gasteiger partial charge in [-0.05, 0) is 88.0 Å². The standard InChI is InChI=1S/C55H84O27S/c1-24(2)11-10-16-53(8)55(67)34(74-25(3)58)19-52(7)27-12-13-32-50(4,5)33(15-17-51(32,6)26(27)14-18-54(52,55)49(66)81-53)77-48-44(36(61)31(23-73-48)82-83(68,69)70)80-46-38(63)37(62)42(30(21-57)76-46)79-45-39(64)41(28(59)22-72-45)78-47-40(65)43(71-9)35(60)29(20-56)75-47/h10-12,16,26,28-48,56-57,59-65,67H,13-15,17-23H2,1-9H3,(H,68,69,70)/p-1/b16-10+/t26-,28-,29-,30-,31-,32+,33+,34+,35-,36+,37-,38-,39-,40-,41+,42-,43+,44-,45+,46+,47+,48+,51-,52+,53+,54-,55+/m1/s1. The number of hydrogen-bond donors (Lipinski definition) is 10. The summed E-state index contributed by atoms with van der Waals surface area (Å²) in [5.41, 5.74) is -5.23. The van der Waals surface area contributed by atoms with Crippen molar-refractivity contribution < 1.29 is 130 Å². The third kappa shape index (κ3) is 10.8. The van der Waals surface area contributed by atoms with Crippen molar-refractivity contribution in [1.82, 2.24) is 0 Å².